The van der Waals surface area contributed by atoms with E-state index in [0.717, 1.165) is 6.42 Å². The third-order valence-corrected chi connectivity index (χ3v) is 2.29. The van der Waals surface area contributed by atoms with E-state index in [0.29, 0.717) is 13.2 Å². The third kappa shape index (κ3) is 2.59. The molecule has 1 atom stereocenters. The number of carbonyl (C=O) groups excluding carboxylic acids is 1. The molecule has 0 spiro atoms. The summed E-state index contributed by atoms with van der Waals surface area (Å²) >= 11 is 0. The monoisotopic (exact) mass is 187 g/mol. The minimum atomic E-state index is -0.355. The van der Waals surface area contributed by atoms with Crippen LogP contribution in [0, 0.1) is 0 Å². The molecule has 0 bridgehead atoms. The van der Waals surface area contributed by atoms with Crippen molar-refractivity contribution < 1.29 is 14.3 Å². The van der Waals surface area contributed by atoms with Gasteiger partial charge in [0, 0.05) is 6.61 Å². The molecule has 76 valence electrons. The van der Waals surface area contributed by atoms with Crippen LogP contribution in [0.5, 0.6) is 0 Å². The van der Waals surface area contributed by atoms with Gasteiger partial charge in [-0.25, -0.2) is 4.79 Å². The van der Waals surface area contributed by atoms with E-state index in [1.54, 1.807) is 6.92 Å². The molecule has 1 fully saturated rings. The predicted octanol–water partition coefficient (Wildman–Crippen LogP) is 1.30. The van der Waals surface area contributed by atoms with Crippen molar-refractivity contribution in [3.63, 3.8) is 0 Å². The van der Waals surface area contributed by atoms with Gasteiger partial charge in [0.25, 0.3) is 0 Å². The van der Waals surface area contributed by atoms with Crippen molar-refractivity contribution in [2.24, 2.45) is 0 Å². The number of carbonyl (C=O) groups is 1. The van der Waals surface area contributed by atoms with E-state index in [4.69, 9.17) is 9.47 Å². The van der Waals surface area contributed by atoms with Crippen LogP contribution in [-0.4, -0.2) is 30.9 Å². The van der Waals surface area contributed by atoms with Crippen LogP contribution >= 0.6 is 0 Å². The van der Waals surface area contributed by atoms with Crippen LogP contribution in [0.4, 0.5) is 4.79 Å². The molecule has 1 saturated heterocycles. The lowest BCUT2D eigenvalue weighted by Crippen LogP contribution is -2.46. The molecule has 1 aliphatic heterocycles. The number of amides is 1. The molecule has 0 radical (unpaired) electrons. The quantitative estimate of drug-likeness (QED) is 0.708. The predicted molar refractivity (Wildman–Crippen MR) is 48.6 cm³/mol. The topological polar surface area (TPSA) is 47.6 Å². The van der Waals surface area contributed by atoms with E-state index in [9.17, 15) is 4.79 Å². The third-order valence-electron chi connectivity index (χ3n) is 2.29. The Hall–Kier alpha value is -0.770. The van der Waals surface area contributed by atoms with Crippen molar-refractivity contribution in [1.82, 2.24) is 5.32 Å². The van der Waals surface area contributed by atoms with E-state index in [-0.39, 0.29) is 17.7 Å². The molecule has 1 N–H and O–H groups in total. The second-order valence-corrected chi connectivity index (χ2v) is 3.66. The van der Waals surface area contributed by atoms with Gasteiger partial charge in [-0.15, -0.1) is 0 Å². The summed E-state index contributed by atoms with van der Waals surface area (Å²) in [5.74, 6) is 0. The summed E-state index contributed by atoms with van der Waals surface area (Å²) in [5, 5.41) is 2.78. The molecular weight excluding hydrogens is 170 g/mol. The Balaban J connectivity index is 2.40. The number of rotatable bonds is 2. The molecule has 1 rings (SSSR count). The van der Waals surface area contributed by atoms with Gasteiger partial charge in [-0.1, -0.05) is 0 Å². The van der Waals surface area contributed by atoms with Crippen LogP contribution in [0.1, 0.15) is 27.2 Å². The van der Waals surface area contributed by atoms with E-state index in [1.807, 2.05) is 13.8 Å². The summed E-state index contributed by atoms with van der Waals surface area (Å²) in [6.07, 6.45) is 0.498. The minimum absolute atomic E-state index is 0.0616. The van der Waals surface area contributed by atoms with Crippen molar-refractivity contribution >= 4 is 6.09 Å². The van der Waals surface area contributed by atoms with Crippen LogP contribution < -0.4 is 5.32 Å². The van der Waals surface area contributed by atoms with Crippen LogP contribution in [0.2, 0.25) is 0 Å². The van der Waals surface area contributed by atoms with Gasteiger partial charge in [0.05, 0.1) is 18.2 Å². The van der Waals surface area contributed by atoms with Gasteiger partial charge in [0.2, 0.25) is 0 Å². The SMILES string of the molecule is CCOC(=O)NC1CCOC1(C)C. The van der Waals surface area contributed by atoms with E-state index in [2.05, 4.69) is 5.32 Å². The zero-order chi connectivity index (χ0) is 9.90. The Kier molecular flexibility index (Phi) is 3.14. The van der Waals surface area contributed by atoms with Gasteiger partial charge in [-0.2, -0.15) is 0 Å². The first-order valence-electron chi connectivity index (χ1n) is 4.63. The van der Waals surface area contributed by atoms with Gasteiger partial charge in [-0.3, -0.25) is 0 Å². The highest BCUT2D eigenvalue weighted by Crippen LogP contribution is 2.24. The van der Waals surface area contributed by atoms with Crippen molar-refractivity contribution in [2.75, 3.05) is 13.2 Å². The molecule has 4 nitrogen and oxygen atoms in total. The van der Waals surface area contributed by atoms with Crippen LogP contribution in [0.15, 0.2) is 0 Å². The van der Waals surface area contributed by atoms with Gasteiger partial charge in [-0.05, 0) is 27.2 Å². The number of nitrogens with one attached hydrogen (secondary N) is 1. The van der Waals surface area contributed by atoms with Crippen LogP contribution in [-0.2, 0) is 9.47 Å². The lowest BCUT2D eigenvalue weighted by atomic mass is 9.99. The largest absolute Gasteiger partial charge is 0.450 e. The van der Waals surface area contributed by atoms with Gasteiger partial charge >= 0.3 is 6.09 Å². The summed E-state index contributed by atoms with van der Waals surface area (Å²) < 4.78 is 10.3. The maximum atomic E-state index is 11.1. The fourth-order valence-corrected chi connectivity index (χ4v) is 1.45. The Bertz CT molecular complexity index is 191. The highest BCUT2D eigenvalue weighted by Gasteiger charge is 2.36. The van der Waals surface area contributed by atoms with Crippen molar-refractivity contribution in [1.29, 1.82) is 0 Å². The maximum absolute atomic E-state index is 11.1. The fraction of sp³-hybridized carbons (Fsp3) is 0.889. The Morgan fingerprint density at radius 1 is 1.69 bits per heavy atom. The maximum Gasteiger partial charge on any atom is 0.407 e. The van der Waals surface area contributed by atoms with Crippen molar-refractivity contribution in [3.8, 4) is 0 Å². The van der Waals surface area contributed by atoms with Crippen molar-refractivity contribution in [2.45, 2.75) is 38.8 Å². The number of hydrogen-bond donors (Lipinski definition) is 1. The second-order valence-electron chi connectivity index (χ2n) is 3.66. The summed E-state index contributed by atoms with van der Waals surface area (Å²) in [6.45, 7) is 6.83. The summed E-state index contributed by atoms with van der Waals surface area (Å²) in [6, 6.07) is 0.0616. The lowest BCUT2D eigenvalue weighted by molar-refractivity contribution is 0.0209. The highest BCUT2D eigenvalue weighted by atomic mass is 16.5. The van der Waals surface area contributed by atoms with Crippen LogP contribution in [0.3, 0.4) is 0 Å². The first-order valence-corrected chi connectivity index (χ1v) is 4.63. The molecule has 0 aromatic heterocycles. The fourth-order valence-electron chi connectivity index (χ4n) is 1.45. The van der Waals surface area contributed by atoms with Gasteiger partial charge in [0.1, 0.15) is 0 Å². The van der Waals surface area contributed by atoms with E-state index < -0.39 is 0 Å². The van der Waals surface area contributed by atoms with E-state index in [1.165, 1.54) is 0 Å². The molecular formula is C9H17NO3. The normalized spacial score (nSPS) is 25.6. The molecule has 0 saturated carbocycles. The van der Waals surface area contributed by atoms with Crippen molar-refractivity contribution in [3.05, 3.63) is 0 Å². The standard InChI is InChI=1S/C9H17NO3/c1-4-12-8(11)10-7-5-6-13-9(7,2)3/h7H,4-6H2,1-3H3,(H,10,11). The molecule has 0 aliphatic carbocycles. The molecule has 1 amide bonds. The molecule has 1 unspecified atom stereocenters. The Labute approximate surface area is 78.6 Å². The average molecular weight is 187 g/mol. The molecule has 4 heteroatoms. The zero-order valence-corrected chi connectivity index (χ0v) is 8.42. The summed E-state index contributed by atoms with van der Waals surface area (Å²) in [4.78, 5) is 11.1. The number of ether oxygens (including phenoxy) is 2. The molecule has 0 aromatic rings. The Morgan fingerprint density at radius 3 is 2.85 bits per heavy atom. The zero-order valence-electron chi connectivity index (χ0n) is 8.42. The Morgan fingerprint density at radius 2 is 2.38 bits per heavy atom. The molecule has 1 heterocycles. The first kappa shape index (κ1) is 10.3. The second kappa shape index (κ2) is 3.96. The van der Waals surface area contributed by atoms with Gasteiger partial charge in [0.15, 0.2) is 0 Å². The highest BCUT2D eigenvalue weighted by molar-refractivity contribution is 5.67. The summed E-state index contributed by atoms with van der Waals surface area (Å²) in [5.41, 5.74) is -0.271. The lowest BCUT2D eigenvalue weighted by Gasteiger charge is -2.25. The van der Waals surface area contributed by atoms with Crippen LogP contribution in [0.25, 0.3) is 0 Å². The smallest absolute Gasteiger partial charge is 0.407 e. The summed E-state index contributed by atoms with van der Waals surface area (Å²) in [7, 11) is 0. The number of hydrogen-bond acceptors (Lipinski definition) is 3. The average Bonchev–Trinajstić information content (AvgIpc) is 2.31. The van der Waals surface area contributed by atoms with E-state index >= 15 is 0 Å². The number of alkyl carbamates (subject to hydrolysis) is 1. The first-order chi connectivity index (χ1) is 6.06. The molecule has 1 aliphatic rings. The van der Waals surface area contributed by atoms with Gasteiger partial charge < -0.3 is 14.8 Å². The minimum Gasteiger partial charge on any atom is -0.450 e. The molecule has 13 heavy (non-hydrogen) atoms. The molecule has 0 aromatic carbocycles.